The van der Waals surface area contributed by atoms with Crippen LogP contribution in [0.5, 0.6) is 0 Å². The van der Waals surface area contributed by atoms with E-state index in [2.05, 4.69) is 11.4 Å². The van der Waals surface area contributed by atoms with Crippen LogP contribution in [-0.4, -0.2) is 20.3 Å². The number of fused-ring (bicyclic) bond motifs is 1. The van der Waals surface area contributed by atoms with Crippen molar-refractivity contribution in [2.24, 2.45) is 5.41 Å². The smallest absolute Gasteiger partial charge is 0.199 e. The van der Waals surface area contributed by atoms with Gasteiger partial charge < -0.3 is 14.5 Å². The van der Waals surface area contributed by atoms with E-state index in [1.165, 1.54) is 12.8 Å². The van der Waals surface area contributed by atoms with Crippen LogP contribution in [0.3, 0.4) is 0 Å². The molecule has 3 rings (SSSR count). The minimum atomic E-state index is 0.446. The fraction of sp³-hybridized carbons (Fsp3) is 0.500. The molecule has 20 heavy (non-hydrogen) atoms. The Morgan fingerprint density at radius 3 is 2.90 bits per heavy atom. The highest BCUT2D eigenvalue weighted by Crippen LogP contribution is 2.48. The first kappa shape index (κ1) is 13.9. The molecule has 1 saturated carbocycles. The third-order valence-corrected chi connectivity index (χ3v) is 4.55. The maximum absolute atomic E-state index is 6.19. The fourth-order valence-electron chi connectivity index (χ4n) is 2.70. The second kappa shape index (κ2) is 5.76. The van der Waals surface area contributed by atoms with Crippen LogP contribution in [0, 0.1) is 5.41 Å². The van der Waals surface area contributed by atoms with Gasteiger partial charge in [-0.25, -0.2) is 0 Å². The minimum absolute atomic E-state index is 0.446. The zero-order chi connectivity index (χ0) is 14.0. The van der Waals surface area contributed by atoms with Gasteiger partial charge in [-0.1, -0.05) is 18.2 Å². The lowest BCUT2D eigenvalue weighted by atomic mass is 10.0. The predicted molar refractivity (Wildman–Crippen MR) is 81.1 cm³/mol. The Morgan fingerprint density at radius 2 is 2.15 bits per heavy atom. The molecule has 3 nitrogen and oxygen atoms in total. The standard InChI is InChI=1S/C16H20ClNO2/c1-19-9-8-16(6-7-16)11-18-10-13-12-4-2-3-5-14(12)20-15(13)17/h2-5,18H,6-11H2,1H3. The van der Waals surface area contributed by atoms with E-state index >= 15 is 0 Å². The quantitative estimate of drug-likeness (QED) is 0.838. The molecule has 0 unspecified atom stereocenters. The summed E-state index contributed by atoms with van der Waals surface area (Å²) in [4.78, 5) is 0. The number of para-hydroxylation sites is 1. The maximum Gasteiger partial charge on any atom is 0.199 e. The number of furan rings is 1. The van der Waals surface area contributed by atoms with Crippen LogP contribution >= 0.6 is 11.6 Å². The fourth-order valence-corrected chi connectivity index (χ4v) is 2.95. The molecule has 0 aliphatic heterocycles. The summed E-state index contributed by atoms with van der Waals surface area (Å²) in [6.45, 7) is 2.62. The predicted octanol–water partition coefficient (Wildman–Crippen LogP) is 3.99. The Balaban J connectivity index is 1.62. The minimum Gasteiger partial charge on any atom is -0.444 e. The van der Waals surface area contributed by atoms with Crippen LogP contribution in [0.2, 0.25) is 5.22 Å². The zero-order valence-corrected chi connectivity index (χ0v) is 12.5. The van der Waals surface area contributed by atoms with E-state index in [9.17, 15) is 0 Å². The van der Waals surface area contributed by atoms with E-state index in [1.807, 2.05) is 18.2 Å². The summed E-state index contributed by atoms with van der Waals surface area (Å²) in [5, 5.41) is 5.14. The first-order valence-corrected chi connectivity index (χ1v) is 7.47. The molecule has 1 aromatic carbocycles. The van der Waals surface area contributed by atoms with Crippen LogP contribution < -0.4 is 5.32 Å². The second-order valence-corrected chi connectivity index (χ2v) is 6.04. The van der Waals surface area contributed by atoms with Gasteiger partial charge in [0.15, 0.2) is 5.22 Å². The summed E-state index contributed by atoms with van der Waals surface area (Å²) in [6.07, 6.45) is 3.73. The van der Waals surface area contributed by atoms with Crippen molar-refractivity contribution in [2.45, 2.75) is 25.8 Å². The van der Waals surface area contributed by atoms with Gasteiger partial charge in [-0.15, -0.1) is 0 Å². The molecule has 2 aromatic rings. The van der Waals surface area contributed by atoms with Crippen LogP contribution in [-0.2, 0) is 11.3 Å². The Kier molecular flexibility index (Phi) is 4.01. The largest absolute Gasteiger partial charge is 0.444 e. The summed E-state index contributed by atoms with van der Waals surface area (Å²) in [7, 11) is 1.76. The molecule has 4 heteroatoms. The van der Waals surface area contributed by atoms with Gasteiger partial charge in [-0.2, -0.15) is 0 Å². The number of nitrogens with one attached hydrogen (secondary N) is 1. The molecule has 0 saturated heterocycles. The van der Waals surface area contributed by atoms with E-state index in [0.29, 0.717) is 10.6 Å². The number of halogens is 1. The number of rotatable bonds is 7. The second-order valence-electron chi connectivity index (χ2n) is 5.70. The summed E-state index contributed by atoms with van der Waals surface area (Å²) >= 11 is 6.19. The Hall–Kier alpha value is -1.03. The van der Waals surface area contributed by atoms with E-state index < -0.39 is 0 Å². The maximum atomic E-state index is 6.19. The number of hydrogen-bond acceptors (Lipinski definition) is 3. The molecule has 0 bridgehead atoms. The zero-order valence-electron chi connectivity index (χ0n) is 11.7. The highest BCUT2D eigenvalue weighted by Gasteiger charge is 2.41. The lowest BCUT2D eigenvalue weighted by Gasteiger charge is -2.15. The molecule has 1 N–H and O–H groups in total. The van der Waals surface area contributed by atoms with E-state index in [1.54, 1.807) is 7.11 Å². The van der Waals surface area contributed by atoms with Crippen LogP contribution in [0.25, 0.3) is 11.0 Å². The molecule has 1 fully saturated rings. The Labute approximate surface area is 124 Å². The van der Waals surface area contributed by atoms with Gasteiger partial charge >= 0.3 is 0 Å². The lowest BCUT2D eigenvalue weighted by molar-refractivity contribution is 0.171. The third kappa shape index (κ3) is 2.85. The number of benzene rings is 1. The highest BCUT2D eigenvalue weighted by atomic mass is 35.5. The van der Waals surface area contributed by atoms with Gasteiger partial charge in [0.2, 0.25) is 0 Å². The summed E-state index contributed by atoms with van der Waals surface area (Å²) < 4.78 is 10.8. The van der Waals surface area contributed by atoms with E-state index in [0.717, 1.165) is 42.6 Å². The molecule has 1 aliphatic carbocycles. The van der Waals surface area contributed by atoms with Crippen LogP contribution in [0.1, 0.15) is 24.8 Å². The Bertz CT molecular complexity index is 589. The molecule has 1 aromatic heterocycles. The van der Waals surface area contributed by atoms with Gasteiger partial charge in [-0.3, -0.25) is 0 Å². The molecule has 0 radical (unpaired) electrons. The summed E-state index contributed by atoms with van der Waals surface area (Å²) in [5.41, 5.74) is 2.36. The molecule has 1 aliphatic rings. The van der Waals surface area contributed by atoms with Gasteiger partial charge in [0, 0.05) is 37.8 Å². The molecule has 0 spiro atoms. The number of methoxy groups -OCH3 is 1. The van der Waals surface area contributed by atoms with Crippen molar-refractivity contribution >= 4 is 22.6 Å². The van der Waals surface area contributed by atoms with Crippen molar-refractivity contribution in [3.63, 3.8) is 0 Å². The van der Waals surface area contributed by atoms with Crippen molar-refractivity contribution in [1.82, 2.24) is 5.32 Å². The molecular weight excluding hydrogens is 274 g/mol. The summed E-state index contributed by atoms with van der Waals surface area (Å²) in [5.74, 6) is 0. The number of hydrogen-bond donors (Lipinski definition) is 1. The topological polar surface area (TPSA) is 34.4 Å². The normalized spacial score (nSPS) is 16.7. The average molecular weight is 294 g/mol. The van der Waals surface area contributed by atoms with Crippen molar-refractivity contribution in [1.29, 1.82) is 0 Å². The molecule has 108 valence electrons. The van der Waals surface area contributed by atoms with Gasteiger partial charge in [0.1, 0.15) is 5.58 Å². The van der Waals surface area contributed by atoms with E-state index in [4.69, 9.17) is 20.8 Å². The SMILES string of the molecule is COCCC1(CNCc2c(Cl)oc3ccccc23)CC1. The summed E-state index contributed by atoms with van der Waals surface area (Å²) in [6, 6.07) is 7.98. The highest BCUT2D eigenvalue weighted by molar-refractivity contribution is 6.30. The van der Waals surface area contributed by atoms with Crippen LogP contribution in [0.15, 0.2) is 28.7 Å². The third-order valence-electron chi connectivity index (χ3n) is 4.24. The monoisotopic (exact) mass is 293 g/mol. The van der Waals surface area contributed by atoms with Gasteiger partial charge in [0.25, 0.3) is 0 Å². The number of ether oxygens (including phenoxy) is 1. The van der Waals surface area contributed by atoms with Gasteiger partial charge in [-0.05, 0) is 42.3 Å². The van der Waals surface area contributed by atoms with Crippen molar-refractivity contribution in [2.75, 3.05) is 20.3 Å². The van der Waals surface area contributed by atoms with Crippen molar-refractivity contribution in [3.05, 3.63) is 35.0 Å². The van der Waals surface area contributed by atoms with Gasteiger partial charge in [0.05, 0.1) is 0 Å². The molecule has 0 amide bonds. The molecule has 1 heterocycles. The average Bonchev–Trinajstić information content (AvgIpc) is 3.15. The first-order valence-electron chi connectivity index (χ1n) is 7.10. The molecule has 0 atom stereocenters. The molecular formula is C16H20ClNO2. The first-order chi connectivity index (χ1) is 9.74. The van der Waals surface area contributed by atoms with Crippen molar-refractivity contribution < 1.29 is 9.15 Å². The lowest BCUT2D eigenvalue weighted by Crippen LogP contribution is -2.24. The van der Waals surface area contributed by atoms with Crippen molar-refractivity contribution in [3.8, 4) is 0 Å². The Morgan fingerprint density at radius 1 is 1.35 bits per heavy atom. The van der Waals surface area contributed by atoms with Crippen LogP contribution in [0.4, 0.5) is 0 Å². The van der Waals surface area contributed by atoms with E-state index in [-0.39, 0.29) is 0 Å².